The van der Waals surface area contributed by atoms with Crippen molar-refractivity contribution < 1.29 is 10.2 Å². The molecular formula is C60H64O2. The van der Waals surface area contributed by atoms with Crippen LogP contribution in [0.2, 0.25) is 0 Å². The Labute approximate surface area is 371 Å². The van der Waals surface area contributed by atoms with Gasteiger partial charge in [0.25, 0.3) is 0 Å². The molecule has 0 saturated heterocycles. The zero-order valence-electron chi connectivity index (χ0n) is 38.9. The molecule has 2 unspecified atom stereocenters. The van der Waals surface area contributed by atoms with Crippen LogP contribution in [0, 0.1) is 0 Å². The number of phenolic OH excluding ortho intramolecular Hbond substituents is 2. The van der Waals surface area contributed by atoms with E-state index < -0.39 is 0 Å². The molecular weight excluding hydrogens is 753 g/mol. The maximum Gasteiger partial charge on any atom is 0.123 e. The van der Waals surface area contributed by atoms with Crippen molar-refractivity contribution >= 4 is 0 Å². The molecule has 2 atom stereocenters. The van der Waals surface area contributed by atoms with Gasteiger partial charge in [0.1, 0.15) is 11.5 Å². The fourth-order valence-corrected chi connectivity index (χ4v) is 9.82. The lowest BCUT2D eigenvalue weighted by Crippen LogP contribution is -2.19. The van der Waals surface area contributed by atoms with Crippen LogP contribution in [0.3, 0.4) is 0 Å². The Morgan fingerprint density at radius 3 is 0.903 bits per heavy atom. The molecule has 2 aromatic rings. The summed E-state index contributed by atoms with van der Waals surface area (Å²) >= 11 is 0. The first-order valence-corrected chi connectivity index (χ1v) is 22.4. The molecule has 0 bridgehead atoms. The quantitative estimate of drug-likeness (QED) is 0.175. The van der Waals surface area contributed by atoms with Gasteiger partial charge < -0.3 is 10.2 Å². The van der Waals surface area contributed by atoms with Crippen molar-refractivity contribution in [3.63, 3.8) is 0 Å². The lowest BCUT2D eigenvalue weighted by molar-refractivity contribution is 0.421. The van der Waals surface area contributed by atoms with Gasteiger partial charge in [0.15, 0.2) is 0 Å². The second-order valence-corrected chi connectivity index (χ2v) is 21.7. The van der Waals surface area contributed by atoms with Crippen LogP contribution in [0.1, 0.15) is 151 Å². The van der Waals surface area contributed by atoms with Gasteiger partial charge >= 0.3 is 0 Å². The standard InChI is InChI=1S/C60H64O2/c1-57(2,3)49-32-39(33-50(55(49)61)58(4,5)6)53(45-30-28-37-22-16-13-18-24-41(37)45)47-36-48(44-27-21-15-20-26-43(44)47)54(46-31-29-38-23-17-14-19-25-42(38)46)40-34-51(59(7,8)9)56(62)52(35-40)60(10,11)12/h13-36,53-54,61-62H,1-12H3. The predicted molar refractivity (Wildman–Crippen MR) is 262 cm³/mol. The average molecular weight is 817 g/mol. The molecule has 2 nitrogen and oxygen atoms in total. The van der Waals surface area contributed by atoms with E-state index in [0.29, 0.717) is 11.5 Å². The Hall–Kier alpha value is -5.86. The fourth-order valence-electron chi connectivity index (χ4n) is 9.82. The Morgan fingerprint density at radius 2 is 0.597 bits per heavy atom. The maximum atomic E-state index is 12.1. The van der Waals surface area contributed by atoms with E-state index in [9.17, 15) is 10.2 Å². The minimum atomic E-state index is -0.300. The second-order valence-electron chi connectivity index (χ2n) is 21.7. The van der Waals surface area contributed by atoms with Crippen LogP contribution in [-0.2, 0) is 21.7 Å². The lowest BCUT2D eigenvalue weighted by atomic mass is 9.74. The zero-order valence-corrected chi connectivity index (χ0v) is 38.9. The van der Waals surface area contributed by atoms with Crippen molar-refractivity contribution in [1.29, 1.82) is 0 Å². The van der Waals surface area contributed by atoms with Crippen molar-refractivity contribution in [2.75, 3.05) is 0 Å². The van der Waals surface area contributed by atoms with E-state index in [1.807, 2.05) is 0 Å². The molecule has 6 aliphatic rings. The van der Waals surface area contributed by atoms with Crippen molar-refractivity contribution in [2.45, 2.75) is 117 Å². The third kappa shape index (κ3) is 7.78. The van der Waals surface area contributed by atoms with E-state index in [2.05, 4.69) is 229 Å². The minimum absolute atomic E-state index is 0.165. The lowest BCUT2D eigenvalue weighted by Gasteiger charge is -2.30. The molecule has 0 spiro atoms. The van der Waals surface area contributed by atoms with Gasteiger partial charge in [-0.25, -0.2) is 0 Å². The topological polar surface area (TPSA) is 40.5 Å². The summed E-state index contributed by atoms with van der Waals surface area (Å²) in [5.41, 5.74) is 17.1. The van der Waals surface area contributed by atoms with Crippen molar-refractivity contribution in [2.24, 2.45) is 0 Å². The monoisotopic (exact) mass is 816 g/mol. The van der Waals surface area contributed by atoms with Crippen LogP contribution in [0.15, 0.2) is 146 Å². The van der Waals surface area contributed by atoms with Crippen LogP contribution in [0.4, 0.5) is 0 Å². The van der Waals surface area contributed by atoms with Gasteiger partial charge in [-0.1, -0.05) is 229 Å². The van der Waals surface area contributed by atoms with E-state index in [0.717, 1.165) is 22.3 Å². The number of fused-ring (bicyclic) bond motifs is 3. The van der Waals surface area contributed by atoms with Gasteiger partial charge in [0.2, 0.25) is 0 Å². The van der Waals surface area contributed by atoms with Gasteiger partial charge in [-0.05, 0) is 111 Å². The number of hydrogen-bond donors (Lipinski definition) is 2. The Balaban J connectivity index is 1.52. The van der Waals surface area contributed by atoms with Crippen molar-refractivity contribution in [3.05, 3.63) is 201 Å². The number of benzene rings is 2. The average Bonchev–Trinajstić information content (AvgIpc) is 3.61. The van der Waals surface area contributed by atoms with Gasteiger partial charge in [0.05, 0.1) is 0 Å². The maximum absolute atomic E-state index is 12.1. The summed E-state index contributed by atoms with van der Waals surface area (Å²) in [5.74, 6) is 0.444. The molecule has 8 rings (SSSR count). The van der Waals surface area contributed by atoms with E-state index in [-0.39, 0.29) is 33.5 Å². The van der Waals surface area contributed by atoms with Crippen LogP contribution < -0.4 is 0 Å². The van der Waals surface area contributed by atoms with Crippen LogP contribution in [-0.4, -0.2) is 10.2 Å². The third-order valence-corrected chi connectivity index (χ3v) is 13.0. The summed E-state index contributed by atoms with van der Waals surface area (Å²) in [6.07, 6.45) is 0. The normalized spacial score (nSPS) is 13.8. The highest BCUT2D eigenvalue weighted by molar-refractivity contribution is 5.83. The van der Waals surface area contributed by atoms with Gasteiger partial charge in [-0.2, -0.15) is 0 Å². The van der Waals surface area contributed by atoms with E-state index in [4.69, 9.17) is 0 Å². The summed E-state index contributed by atoms with van der Waals surface area (Å²) in [6, 6.07) is 53.6. The molecule has 0 amide bonds. The third-order valence-electron chi connectivity index (χ3n) is 13.0. The molecule has 2 heteroatoms. The molecule has 62 heavy (non-hydrogen) atoms. The van der Waals surface area contributed by atoms with Crippen molar-refractivity contribution in [1.82, 2.24) is 0 Å². The number of rotatable bonds is 6. The highest BCUT2D eigenvalue weighted by atomic mass is 16.3. The van der Waals surface area contributed by atoms with E-state index >= 15 is 0 Å². The number of aromatic hydroxyl groups is 2. The summed E-state index contributed by atoms with van der Waals surface area (Å²) in [6.45, 7) is 26.4. The van der Waals surface area contributed by atoms with Gasteiger partial charge in [-0.15, -0.1) is 0 Å². The first-order valence-electron chi connectivity index (χ1n) is 22.4. The molecule has 2 aromatic carbocycles. The van der Waals surface area contributed by atoms with Crippen LogP contribution >= 0.6 is 0 Å². The summed E-state index contributed by atoms with van der Waals surface area (Å²) in [5, 5.41) is 24.1. The largest absolute Gasteiger partial charge is 0.507 e. The fraction of sp³-hybridized carbons (Fsp3) is 0.300. The highest BCUT2D eigenvalue weighted by Crippen LogP contribution is 2.53. The van der Waals surface area contributed by atoms with Crippen molar-refractivity contribution in [3.8, 4) is 44.9 Å². The Kier molecular flexibility index (Phi) is 10.7. The van der Waals surface area contributed by atoms with Crippen LogP contribution in [0.25, 0.3) is 33.4 Å². The molecule has 0 fully saturated rings. The zero-order chi connectivity index (χ0) is 44.5. The molecule has 6 aliphatic carbocycles. The van der Waals surface area contributed by atoms with Gasteiger partial charge in [0, 0.05) is 11.8 Å². The molecule has 2 N–H and O–H groups in total. The van der Waals surface area contributed by atoms with Gasteiger partial charge in [-0.3, -0.25) is 0 Å². The Bertz CT molecular complexity index is 2550. The molecule has 316 valence electrons. The second kappa shape index (κ2) is 15.5. The van der Waals surface area contributed by atoms with E-state index in [1.165, 1.54) is 66.8 Å². The van der Waals surface area contributed by atoms with E-state index in [1.54, 1.807) is 0 Å². The smallest absolute Gasteiger partial charge is 0.123 e. The molecule has 0 aromatic heterocycles. The SMILES string of the molecule is CC(C)(C)c1cc(C(c2ccc3cccccc2-3)c2cc(C(c3cc(C(C)(C)C)c(O)c(C(C)(C)C)c3)c3ccc4cccccc3-4)c3cccccc2-3)cc(C(C)(C)C)c1O. The molecule has 0 saturated carbocycles. The minimum Gasteiger partial charge on any atom is -0.507 e. The van der Waals surface area contributed by atoms with Crippen LogP contribution in [0.5, 0.6) is 11.5 Å². The summed E-state index contributed by atoms with van der Waals surface area (Å²) < 4.78 is 0. The molecule has 0 aliphatic heterocycles. The molecule has 0 radical (unpaired) electrons. The first kappa shape index (κ1) is 42.8. The first-order chi connectivity index (χ1) is 29.1. The highest BCUT2D eigenvalue weighted by Gasteiger charge is 2.36. The molecule has 0 heterocycles. The summed E-state index contributed by atoms with van der Waals surface area (Å²) in [7, 11) is 0. The Morgan fingerprint density at radius 1 is 0.306 bits per heavy atom. The predicted octanol–water partition coefficient (Wildman–Crippen LogP) is 16.0. The summed E-state index contributed by atoms with van der Waals surface area (Å²) in [4.78, 5) is 0. The number of hydrogen-bond acceptors (Lipinski definition) is 2. The number of phenols is 2.